The van der Waals surface area contributed by atoms with E-state index in [1.54, 1.807) is 0 Å². The quantitative estimate of drug-likeness (QED) is 0.184. The van der Waals surface area contributed by atoms with Crippen LogP contribution in [0.15, 0.2) is 182 Å². The van der Waals surface area contributed by atoms with Gasteiger partial charge >= 0.3 is 0 Å². The summed E-state index contributed by atoms with van der Waals surface area (Å²) < 4.78 is 14.6. The van der Waals surface area contributed by atoms with E-state index < -0.39 is 11.2 Å². The summed E-state index contributed by atoms with van der Waals surface area (Å²) in [5, 5.41) is 4.21. The number of benzene rings is 8. The van der Waals surface area contributed by atoms with Gasteiger partial charge in [0.15, 0.2) is 17.0 Å². The maximum atomic E-state index is 14.1. The predicted octanol–water partition coefficient (Wildman–Crippen LogP) is 11.9. The molecule has 8 aromatic rings. The highest BCUT2D eigenvalue weighted by Gasteiger charge is 2.43. The van der Waals surface area contributed by atoms with Crippen LogP contribution in [-0.4, -0.2) is 5.78 Å². The fourth-order valence-electron chi connectivity index (χ4n) is 8.84. The first-order valence-electron chi connectivity index (χ1n) is 18.4. The SMILES string of the molecule is O=C1c2ccccc2-c2c1c1c(c3ccccc23)OC(c2ccccc2)(c2ccc(C3(c4ccccc4)C=Cc4ccc5ccccc5c4O3)cc2)C=C1. The molecular weight excluding hydrogens is 661 g/mol. The molecule has 0 aromatic heterocycles. The lowest BCUT2D eigenvalue weighted by atomic mass is 9.79. The van der Waals surface area contributed by atoms with Crippen LogP contribution in [0, 0.1) is 0 Å². The van der Waals surface area contributed by atoms with Gasteiger partial charge in [-0.15, -0.1) is 0 Å². The molecule has 0 amide bonds. The van der Waals surface area contributed by atoms with E-state index >= 15 is 0 Å². The first kappa shape index (κ1) is 30.6. The molecule has 0 saturated heterocycles. The lowest BCUT2D eigenvalue weighted by molar-refractivity contribution is 0.104. The van der Waals surface area contributed by atoms with Crippen LogP contribution in [0.25, 0.3) is 44.8 Å². The number of carbonyl (C=O) groups is 1. The van der Waals surface area contributed by atoms with E-state index in [0.717, 1.165) is 77.4 Å². The van der Waals surface area contributed by atoms with Crippen molar-refractivity contribution in [3.63, 3.8) is 0 Å². The summed E-state index contributed by atoms with van der Waals surface area (Å²) in [6, 6.07) is 58.3. The van der Waals surface area contributed by atoms with Crippen molar-refractivity contribution in [2.24, 2.45) is 0 Å². The minimum Gasteiger partial charge on any atom is -0.472 e. The molecule has 254 valence electrons. The largest absolute Gasteiger partial charge is 0.472 e. The average Bonchev–Trinajstić information content (AvgIpc) is 3.56. The van der Waals surface area contributed by atoms with Gasteiger partial charge < -0.3 is 9.47 Å². The highest BCUT2D eigenvalue weighted by molar-refractivity contribution is 6.28. The smallest absolute Gasteiger partial charge is 0.195 e. The Morgan fingerprint density at radius 3 is 1.59 bits per heavy atom. The van der Waals surface area contributed by atoms with E-state index in [4.69, 9.17) is 9.47 Å². The molecule has 3 aliphatic rings. The minimum absolute atomic E-state index is 0.0357. The van der Waals surface area contributed by atoms with Crippen molar-refractivity contribution in [2.45, 2.75) is 11.2 Å². The second-order valence-electron chi connectivity index (χ2n) is 14.3. The maximum Gasteiger partial charge on any atom is 0.195 e. The molecule has 3 heteroatoms. The third-order valence-electron chi connectivity index (χ3n) is 11.4. The zero-order valence-electron chi connectivity index (χ0n) is 29.2. The summed E-state index contributed by atoms with van der Waals surface area (Å²) in [6.45, 7) is 0. The van der Waals surface area contributed by atoms with E-state index in [1.165, 1.54) is 0 Å². The van der Waals surface area contributed by atoms with Crippen LogP contribution >= 0.6 is 0 Å². The summed E-state index contributed by atoms with van der Waals surface area (Å²) >= 11 is 0. The molecule has 3 nitrogen and oxygen atoms in total. The number of rotatable bonds is 4. The Morgan fingerprint density at radius 1 is 0.389 bits per heavy atom. The third kappa shape index (κ3) is 4.27. The fourth-order valence-corrected chi connectivity index (χ4v) is 8.84. The number of fused-ring (bicyclic) bond motifs is 11. The second-order valence-corrected chi connectivity index (χ2v) is 14.3. The molecule has 0 saturated carbocycles. The van der Waals surface area contributed by atoms with Crippen LogP contribution in [0.3, 0.4) is 0 Å². The topological polar surface area (TPSA) is 35.5 Å². The third-order valence-corrected chi connectivity index (χ3v) is 11.4. The summed E-state index contributed by atoms with van der Waals surface area (Å²) in [5.74, 6) is 1.62. The summed E-state index contributed by atoms with van der Waals surface area (Å²) in [5.41, 5.74) is 7.44. The monoisotopic (exact) mass is 692 g/mol. The molecule has 2 atom stereocenters. The molecular formula is C51H32O3. The molecule has 11 rings (SSSR count). The minimum atomic E-state index is -0.968. The average molecular weight is 693 g/mol. The maximum absolute atomic E-state index is 14.1. The summed E-state index contributed by atoms with van der Waals surface area (Å²) in [6.07, 6.45) is 8.59. The highest BCUT2D eigenvalue weighted by Crippen LogP contribution is 2.53. The molecule has 1 aliphatic carbocycles. The van der Waals surface area contributed by atoms with E-state index in [0.29, 0.717) is 11.3 Å². The number of hydrogen-bond donors (Lipinski definition) is 0. The van der Waals surface area contributed by atoms with Crippen molar-refractivity contribution in [1.29, 1.82) is 0 Å². The Kier molecular flexibility index (Phi) is 6.53. The van der Waals surface area contributed by atoms with Gasteiger partial charge in [0.1, 0.15) is 11.5 Å². The van der Waals surface area contributed by atoms with Gasteiger partial charge in [-0.2, -0.15) is 0 Å². The molecule has 0 spiro atoms. The number of ether oxygens (including phenoxy) is 2. The molecule has 0 fully saturated rings. The van der Waals surface area contributed by atoms with Crippen LogP contribution in [-0.2, 0) is 11.2 Å². The summed E-state index contributed by atoms with van der Waals surface area (Å²) in [4.78, 5) is 14.1. The van der Waals surface area contributed by atoms with Crippen LogP contribution in [0.1, 0.15) is 49.3 Å². The van der Waals surface area contributed by atoms with Crippen molar-refractivity contribution in [3.8, 4) is 22.6 Å². The highest BCUT2D eigenvalue weighted by atomic mass is 16.5. The first-order valence-corrected chi connectivity index (χ1v) is 18.4. The molecule has 2 aliphatic heterocycles. The van der Waals surface area contributed by atoms with Gasteiger partial charge in [0.25, 0.3) is 0 Å². The zero-order valence-corrected chi connectivity index (χ0v) is 29.2. The number of hydrogen-bond acceptors (Lipinski definition) is 3. The van der Waals surface area contributed by atoms with Crippen LogP contribution in [0.5, 0.6) is 11.5 Å². The Balaban J connectivity index is 1.09. The molecule has 8 aromatic carbocycles. The van der Waals surface area contributed by atoms with Gasteiger partial charge in [0.2, 0.25) is 0 Å². The van der Waals surface area contributed by atoms with Crippen molar-refractivity contribution in [2.75, 3.05) is 0 Å². The van der Waals surface area contributed by atoms with Gasteiger partial charge in [-0.05, 0) is 34.6 Å². The predicted molar refractivity (Wildman–Crippen MR) is 217 cm³/mol. The molecule has 54 heavy (non-hydrogen) atoms. The van der Waals surface area contributed by atoms with Gasteiger partial charge in [-0.3, -0.25) is 4.79 Å². The molecule has 2 heterocycles. The van der Waals surface area contributed by atoms with E-state index in [-0.39, 0.29) is 5.78 Å². The van der Waals surface area contributed by atoms with E-state index in [2.05, 4.69) is 140 Å². The van der Waals surface area contributed by atoms with E-state index in [1.807, 2.05) is 54.6 Å². The van der Waals surface area contributed by atoms with Crippen LogP contribution in [0.2, 0.25) is 0 Å². The van der Waals surface area contributed by atoms with Gasteiger partial charge in [0.05, 0.1) is 0 Å². The van der Waals surface area contributed by atoms with Crippen molar-refractivity contribution < 1.29 is 14.3 Å². The number of ketones is 1. The second kappa shape index (κ2) is 11.5. The van der Waals surface area contributed by atoms with E-state index in [9.17, 15) is 4.79 Å². The molecule has 0 N–H and O–H groups in total. The van der Waals surface area contributed by atoms with Crippen LogP contribution in [0.4, 0.5) is 0 Å². The lowest BCUT2D eigenvalue weighted by Gasteiger charge is -2.39. The Morgan fingerprint density at radius 2 is 0.907 bits per heavy atom. The van der Waals surface area contributed by atoms with Crippen molar-refractivity contribution >= 4 is 39.5 Å². The van der Waals surface area contributed by atoms with Crippen LogP contribution < -0.4 is 9.47 Å². The lowest BCUT2D eigenvalue weighted by Crippen LogP contribution is -2.36. The molecule has 0 radical (unpaired) electrons. The Bertz CT molecular complexity index is 2890. The van der Waals surface area contributed by atoms with Crippen molar-refractivity contribution in [3.05, 3.63) is 227 Å². The normalized spacial score (nSPS) is 19.1. The summed E-state index contributed by atoms with van der Waals surface area (Å²) in [7, 11) is 0. The van der Waals surface area contributed by atoms with Crippen molar-refractivity contribution in [1.82, 2.24) is 0 Å². The standard InChI is InChI=1S/C51H32O3/c52-47-42-21-11-9-19-40(42)45-41-20-10-12-22-43(41)49-44(46(45)47)30-32-51(54-49,36-16-5-2-6-17-36)38-27-25-37(26-28-38)50(35-14-3-1-4-15-35)31-29-34-24-23-33-13-7-8-18-39(33)48(34)53-50/h1-32H. The Hall–Kier alpha value is -6.97. The van der Waals surface area contributed by atoms with Gasteiger partial charge in [-0.25, -0.2) is 0 Å². The number of carbonyl (C=O) groups excluding carboxylic acids is 1. The zero-order chi connectivity index (χ0) is 35.9. The van der Waals surface area contributed by atoms with Gasteiger partial charge in [-0.1, -0.05) is 176 Å². The molecule has 2 unspecified atom stereocenters. The first-order chi connectivity index (χ1) is 26.6. The van der Waals surface area contributed by atoms with Gasteiger partial charge in [0, 0.05) is 60.8 Å². The molecule has 0 bridgehead atoms. The fraction of sp³-hybridized carbons (Fsp3) is 0.0392. The Labute approximate surface area is 313 Å².